The number of halogens is 1. The zero-order valence-corrected chi connectivity index (χ0v) is 12.9. The molecule has 1 spiro atoms. The smallest absolute Gasteiger partial charge is 0.244 e. The second-order valence-electron chi connectivity index (χ2n) is 6.62. The van der Waals surface area contributed by atoms with Crippen LogP contribution in [0.4, 0.5) is 4.39 Å². The van der Waals surface area contributed by atoms with Crippen LogP contribution in [0, 0.1) is 11.7 Å². The van der Waals surface area contributed by atoms with Crippen molar-refractivity contribution in [3.05, 3.63) is 35.6 Å². The van der Waals surface area contributed by atoms with Gasteiger partial charge in [-0.3, -0.25) is 10.1 Å². The summed E-state index contributed by atoms with van der Waals surface area (Å²) in [6.45, 7) is 6.39. The maximum Gasteiger partial charge on any atom is 0.244 e. The lowest BCUT2D eigenvalue weighted by Gasteiger charge is -2.35. The first kappa shape index (κ1) is 14.5. The Balaban J connectivity index is 1.98. The van der Waals surface area contributed by atoms with Crippen molar-refractivity contribution in [1.82, 2.24) is 10.2 Å². The highest BCUT2D eigenvalue weighted by Gasteiger charge is 2.60. The molecule has 1 aliphatic heterocycles. The van der Waals surface area contributed by atoms with Gasteiger partial charge in [-0.25, -0.2) is 4.39 Å². The minimum atomic E-state index is -0.376. The van der Waals surface area contributed by atoms with Crippen LogP contribution < -0.4 is 5.32 Å². The molecule has 0 bridgehead atoms. The molecule has 0 radical (unpaired) electrons. The molecule has 1 aromatic rings. The first-order valence-corrected chi connectivity index (χ1v) is 7.84. The van der Waals surface area contributed by atoms with Crippen LogP contribution in [0.3, 0.4) is 0 Å². The van der Waals surface area contributed by atoms with Gasteiger partial charge in [-0.1, -0.05) is 32.9 Å². The van der Waals surface area contributed by atoms with Gasteiger partial charge in [-0.15, -0.1) is 0 Å². The maximum absolute atomic E-state index is 13.6. The number of carbonyl (C=O) groups is 1. The molecule has 2 fully saturated rings. The number of carbonyl (C=O) groups excluding carboxylic acids is 1. The fraction of sp³-hybridized carbons (Fsp3) is 0.588. The molecule has 4 heteroatoms. The van der Waals surface area contributed by atoms with E-state index in [1.165, 1.54) is 12.1 Å². The highest BCUT2D eigenvalue weighted by molar-refractivity contribution is 5.92. The number of hydrogen-bond donors (Lipinski definition) is 1. The molecule has 0 aromatic heterocycles. The monoisotopic (exact) mass is 290 g/mol. The average molecular weight is 290 g/mol. The van der Waals surface area contributed by atoms with Gasteiger partial charge in [0.05, 0.1) is 0 Å². The third-order valence-corrected chi connectivity index (χ3v) is 4.79. The van der Waals surface area contributed by atoms with Crippen molar-refractivity contribution in [2.75, 3.05) is 0 Å². The molecule has 3 nitrogen and oxygen atoms in total. The van der Waals surface area contributed by atoms with Crippen LogP contribution in [-0.4, -0.2) is 22.4 Å². The number of nitrogens with one attached hydrogen (secondary N) is 1. The van der Waals surface area contributed by atoms with E-state index >= 15 is 0 Å². The second kappa shape index (κ2) is 5.09. The van der Waals surface area contributed by atoms with E-state index in [9.17, 15) is 9.18 Å². The third-order valence-electron chi connectivity index (χ3n) is 4.79. The van der Waals surface area contributed by atoms with Crippen LogP contribution in [0.25, 0.3) is 0 Å². The number of rotatable bonds is 4. The molecule has 1 heterocycles. The van der Waals surface area contributed by atoms with Crippen molar-refractivity contribution in [3.8, 4) is 0 Å². The molecule has 1 saturated heterocycles. The predicted molar refractivity (Wildman–Crippen MR) is 80.0 cm³/mol. The molecule has 2 unspecified atom stereocenters. The number of benzene rings is 1. The summed E-state index contributed by atoms with van der Waals surface area (Å²) in [6.07, 6.45) is 2.49. The molecule has 3 rings (SSSR count). The number of nitrogens with zero attached hydrogens (tertiary/aromatic N) is 1. The van der Waals surface area contributed by atoms with E-state index in [2.05, 4.69) is 26.1 Å². The van der Waals surface area contributed by atoms with Crippen LogP contribution >= 0.6 is 0 Å². The normalized spacial score (nSPS) is 24.9. The van der Waals surface area contributed by atoms with Gasteiger partial charge in [0.2, 0.25) is 5.91 Å². The van der Waals surface area contributed by atoms with Gasteiger partial charge in [-0.2, -0.15) is 0 Å². The van der Waals surface area contributed by atoms with E-state index in [4.69, 9.17) is 0 Å². The third kappa shape index (κ3) is 2.35. The van der Waals surface area contributed by atoms with Crippen molar-refractivity contribution in [2.24, 2.45) is 5.92 Å². The summed E-state index contributed by atoms with van der Waals surface area (Å²) < 4.78 is 13.6. The number of hydrogen-bond acceptors (Lipinski definition) is 2. The summed E-state index contributed by atoms with van der Waals surface area (Å²) in [5.74, 6) is 0.319. The van der Waals surface area contributed by atoms with Crippen LogP contribution in [0.1, 0.15) is 51.8 Å². The quantitative estimate of drug-likeness (QED) is 0.923. The predicted octanol–water partition coefficient (Wildman–Crippen LogP) is 3.22. The van der Waals surface area contributed by atoms with E-state index in [0.717, 1.165) is 24.8 Å². The Hall–Kier alpha value is -1.42. The Bertz CT molecular complexity index is 553. The number of amides is 1. The van der Waals surface area contributed by atoms with Gasteiger partial charge < -0.3 is 4.90 Å². The Morgan fingerprint density at radius 1 is 1.43 bits per heavy atom. The molecule has 114 valence electrons. The van der Waals surface area contributed by atoms with Gasteiger partial charge in [0.25, 0.3) is 0 Å². The second-order valence-corrected chi connectivity index (χ2v) is 6.62. The van der Waals surface area contributed by atoms with Gasteiger partial charge in [-0.05, 0) is 42.9 Å². The molecule has 21 heavy (non-hydrogen) atoms. The Morgan fingerprint density at radius 3 is 2.67 bits per heavy atom. The zero-order valence-electron chi connectivity index (χ0n) is 12.9. The lowest BCUT2D eigenvalue weighted by Crippen LogP contribution is -2.43. The highest BCUT2D eigenvalue weighted by Crippen LogP contribution is 2.47. The van der Waals surface area contributed by atoms with Gasteiger partial charge in [0.15, 0.2) is 0 Å². The molecular weight excluding hydrogens is 267 g/mol. The minimum absolute atomic E-state index is 0.179. The van der Waals surface area contributed by atoms with Crippen LogP contribution in [0.15, 0.2) is 24.3 Å². The van der Waals surface area contributed by atoms with Crippen LogP contribution in [-0.2, 0) is 4.79 Å². The fourth-order valence-electron chi connectivity index (χ4n) is 3.49. The minimum Gasteiger partial charge on any atom is -0.318 e. The van der Waals surface area contributed by atoms with E-state index in [0.29, 0.717) is 5.92 Å². The summed E-state index contributed by atoms with van der Waals surface area (Å²) in [4.78, 5) is 14.8. The first-order valence-electron chi connectivity index (χ1n) is 7.84. The molecule has 1 saturated carbocycles. The summed E-state index contributed by atoms with van der Waals surface area (Å²) in [5, 5.41) is 3.46. The summed E-state index contributed by atoms with van der Waals surface area (Å²) >= 11 is 0. The van der Waals surface area contributed by atoms with E-state index in [1.54, 1.807) is 6.07 Å². The largest absolute Gasteiger partial charge is 0.318 e. The Labute approximate surface area is 125 Å². The van der Waals surface area contributed by atoms with Crippen molar-refractivity contribution in [2.45, 2.75) is 57.8 Å². The molecule has 1 aromatic carbocycles. The molecule has 2 aliphatic rings. The molecular formula is C17H23FN2O. The average Bonchev–Trinajstić information content (AvgIpc) is 3.16. The summed E-state index contributed by atoms with van der Waals surface area (Å²) in [6, 6.07) is 6.76. The summed E-state index contributed by atoms with van der Waals surface area (Å²) in [5.41, 5.74) is 0.463. The van der Waals surface area contributed by atoms with E-state index in [-0.39, 0.29) is 29.5 Å². The SMILES string of the molecule is CCC(C(C)C)N1C(=O)C2(CC2)NC1c1cccc(F)c1. The zero-order chi connectivity index (χ0) is 15.2. The van der Waals surface area contributed by atoms with Crippen LogP contribution in [0.2, 0.25) is 0 Å². The van der Waals surface area contributed by atoms with E-state index in [1.807, 2.05) is 11.0 Å². The van der Waals surface area contributed by atoms with Crippen molar-refractivity contribution < 1.29 is 9.18 Å². The van der Waals surface area contributed by atoms with Crippen molar-refractivity contribution >= 4 is 5.91 Å². The van der Waals surface area contributed by atoms with Crippen molar-refractivity contribution in [3.63, 3.8) is 0 Å². The summed E-state index contributed by atoms with van der Waals surface area (Å²) in [7, 11) is 0. The van der Waals surface area contributed by atoms with Gasteiger partial charge in [0, 0.05) is 6.04 Å². The van der Waals surface area contributed by atoms with Crippen molar-refractivity contribution in [1.29, 1.82) is 0 Å². The molecule has 1 aliphatic carbocycles. The lowest BCUT2D eigenvalue weighted by atomic mass is 9.98. The Kier molecular flexibility index (Phi) is 3.52. The lowest BCUT2D eigenvalue weighted by molar-refractivity contribution is -0.134. The molecule has 1 amide bonds. The maximum atomic E-state index is 13.6. The topological polar surface area (TPSA) is 32.3 Å². The first-order chi connectivity index (χ1) is 9.98. The van der Waals surface area contributed by atoms with Gasteiger partial charge >= 0.3 is 0 Å². The Morgan fingerprint density at radius 2 is 2.14 bits per heavy atom. The molecule has 1 N–H and O–H groups in total. The highest BCUT2D eigenvalue weighted by atomic mass is 19.1. The fourth-order valence-corrected chi connectivity index (χ4v) is 3.49. The van der Waals surface area contributed by atoms with Gasteiger partial charge in [0.1, 0.15) is 17.5 Å². The van der Waals surface area contributed by atoms with Crippen LogP contribution in [0.5, 0.6) is 0 Å². The molecule has 2 atom stereocenters. The standard InChI is InChI=1S/C17H23FN2O/c1-4-14(11(2)3)20-15(12-6-5-7-13(18)10-12)19-17(8-9-17)16(20)21/h5-7,10-11,14-15,19H,4,8-9H2,1-3H3. The van der Waals surface area contributed by atoms with E-state index < -0.39 is 0 Å².